The predicted molar refractivity (Wildman–Crippen MR) is 219 cm³/mol. The number of aromatic nitrogens is 5. The maximum Gasteiger partial charge on any atom is 0.274 e. The molecule has 3 amide bonds. The molecule has 59 heavy (non-hydrogen) atoms. The molecular weight excluding hydrogens is 756 g/mol. The normalized spacial score (nSPS) is 26.4. The Balaban J connectivity index is 0.820. The molecule has 2 aromatic carbocycles. The number of amides is 3. The number of piperidine rings is 2. The molecule has 3 N–H and O–H groups in total. The highest BCUT2D eigenvalue weighted by Crippen LogP contribution is 2.39. The van der Waals surface area contributed by atoms with Gasteiger partial charge in [0.25, 0.3) is 11.5 Å². The number of benzene rings is 2. The van der Waals surface area contributed by atoms with E-state index in [9.17, 15) is 28.7 Å². The van der Waals surface area contributed by atoms with Crippen LogP contribution in [0.4, 0.5) is 10.1 Å². The number of hydrogen-bond acceptors (Lipinski definition) is 9. The Bertz CT molecular complexity index is 2500. The number of imide groups is 1. The van der Waals surface area contributed by atoms with E-state index < -0.39 is 35.7 Å². The Labute approximate surface area is 340 Å². The zero-order valence-corrected chi connectivity index (χ0v) is 33.6. The first-order chi connectivity index (χ1) is 28.4. The summed E-state index contributed by atoms with van der Waals surface area (Å²) in [6.07, 6.45) is 7.66. The Morgan fingerprint density at radius 2 is 1.85 bits per heavy atom. The molecule has 5 atom stereocenters. The average Bonchev–Trinajstić information content (AvgIpc) is 3.63. The summed E-state index contributed by atoms with van der Waals surface area (Å²) in [6, 6.07) is 12.6. The quantitative estimate of drug-likeness (QED) is 0.154. The number of pyridine rings is 1. The number of carbonyl (C=O) groups is 3. The van der Waals surface area contributed by atoms with Crippen molar-refractivity contribution in [1.29, 1.82) is 0 Å². The molecule has 9 rings (SSSR count). The molecule has 2 saturated heterocycles. The standard InChI is InChI=1S/C44H51FN8O6/c1-24(2)59-39-20-35-27(17-32(39)43(57)46-34-5-4-15-52(44(34)58)37-19-33(37)45)22-53(48-35)28-9-6-25(7-10-28)21-51-16-14-29(38(54)23-51)26-8-11-30-36(18-26)50(3)49-41(30)31-12-13-40(55)47-42(31)56/h4-5,8,11,15,17-18,20,22,24-25,28-29,31,33,37-38,54H,6-7,9-10,12-14,16,19,21,23H2,1-3H3,(H,46,57)(H,47,55,56)/t25?,28?,29-,31?,33+,37-,38-/m0/s1. The van der Waals surface area contributed by atoms with Crippen molar-refractivity contribution in [2.75, 3.05) is 25.0 Å². The Hall–Kier alpha value is -5.41. The van der Waals surface area contributed by atoms with Gasteiger partial charge >= 0.3 is 0 Å². The number of hydrogen-bond donors (Lipinski definition) is 3. The molecule has 2 aliphatic heterocycles. The average molecular weight is 807 g/mol. The van der Waals surface area contributed by atoms with Crippen LogP contribution < -0.4 is 20.9 Å². The van der Waals surface area contributed by atoms with Crippen molar-refractivity contribution < 1.29 is 28.6 Å². The Kier molecular flexibility index (Phi) is 10.4. The van der Waals surface area contributed by atoms with E-state index in [0.29, 0.717) is 48.7 Å². The number of rotatable bonds is 10. The van der Waals surface area contributed by atoms with E-state index in [1.807, 2.05) is 37.8 Å². The number of aliphatic hydroxyl groups excluding tert-OH is 1. The van der Waals surface area contributed by atoms with Crippen LogP contribution in [-0.4, -0.2) is 89.9 Å². The molecule has 4 fully saturated rings. The van der Waals surface area contributed by atoms with Gasteiger partial charge in [-0.1, -0.05) is 12.1 Å². The Morgan fingerprint density at radius 1 is 1.05 bits per heavy atom. The lowest BCUT2D eigenvalue weighted by molar-refractivity contribution is -0.134. The van der Waals surface area contributed by atoms with E-state index >= 15 is 0 Å². The lowest BCUT2D eigenvalue weighted by Crippen LogP contribution is -2.45. The smallest absolute Gasteiger partial charge is 0.274 e. The number of β-amino-alcohol motifs (C(OH)–C–C–N with tert-alkyl or cyclic N) is 1. The summed E-state index contributed by atoms with van der Waals surface area (Å²) in [5, 5.41) is 27.9. The fraction of sp³-hybridized carbons (Fsp3) is 0.500. The number of anilines is 1. The molecule has 4 aliphatic rings. The molecule has 0 spiro atoms. The molecule has 0 bridgehead atoms. The van der Waals surface area contributed by atoms with Gasteiger partial charge in [-0.05, 0) is 94.7 Å². The van der Waals surface area contributed by atoms with Gasteiger partial charge in [-0.25, -0.2) is 4.39 Å². The maximum absolute atomic E-state index is 13.7. The minimum Gasteiger partial charge on any atom is -0.490 e. The highest BCUT2D eigenvalue weighted by Gasteiger charge is 2.40. The molecule has 5 heterocycles. The third-order valence-corrected chi connectivity index (χ3v) is 12.8. The van der Waals surface area contributed by atoms with Crippen LogP contribution in [0.2, 0.25) is 0 Å². The van der Waals surface area contributed by atoms with E-state index in [2.05, 4.69) is 32.8 Å². The third-order valence-electron chi connectivity index (χ3n) is 12.8. The van der Waals surface area contributed by atoms with Crippen LogP contribution in [0.15, 0.2) is 59.7 Å². The molecule has 3 aromatic heterocycles. The molecule has 310 valence electrons. The second-order valence-electron chi connectivity index (χ2n) is 17.3. The van der Waals surface area contributed by atoms with E-state index in [-0.39, 0.29) is 35.6 Å². The fourth-order valence-electron chi connectivity index (χ4n) is 9.54. The van der Waals surface area contributed by atoms with Gasteiger partial charge in [0, 0.05) is 68.1 Å². The van der Waals surface area contributed by atoms with Gasteiger partial charge in [-0.2, -0.15) is 10.2 Å². The van der Waals surface area contributed by atoms with Crippen molar-refractivity contribution in [1.82, 2.24) is 34.3 Å². The number of likely N-dealkylation sites (tertiary alicyclic amines) is 1. The van der Waals surface area contributed by atoms with Gasteiger partial charge in [0.1, 0.15) is 17.6 Å². The third kappa shape index (κ3) is 7.77. The summed E-state index contributed by atoms with van der Waals surface area (Å²) in [5.74, 6) is -0.593. The first-order valence-electron chi connectivity index (χ1n) is 21.0. The van der Waals surface area contributed by atoms with Crippen molar-refractivity contribution in [3.63, 3.8) is 0 Å². The molecular formula is C44H51FN8O6. The monoisotopic (exact) mass is 806 g/mol. The van der Waals surface area contributed by atoms with Crippen molar-refractivity contribution in [3.8, 4) is 5.75 Å². The van der Waals surface area contributed by atoms with Crippen molar-refractivity contribution in [2.45, 2.75) is 108 Å². The van der Waals surface area contributed by atoms with Crippen molar-refractivity contribution in [2.24, 2.45) is 13.0 Å². The van der Waals surface area contributed by atoms with Crippen LogP contribution in [0, 0.1) is 5.92 Å². The van der Waals surface area contributed by atoms with Crippen LogP contribution in [0.1, 0.15) is 111 Å². The topological polar surface area (TPSA) is 166 Å². The summed E-state index contributed by atoms with van der Waals surface area (Å²) in [5.41, 5.74) is 3.33. The number of halogens is 1. The van der Waals surface area contributed by atoms with Crippen LogP contribution in [0.25, 0.3) is 21.8 Å². The van der Waals surface area contributed by atoms with Crippen LogP contribution in [-0.2, 0) is 16.6 Å². The second-order valence-corrected chi connectivity index (χ2v) is 17.3. The molecule has 2 saturated carbocycles. The van der Waals surface area contributed by atoms with E-state index in [4.69, 9.17) is 9.84 Å². The number of fused-ring (bicyclic) bond motifs is 2. The highest BCUT2D eigenvalue weighted by atomic mass is 19.1. The summed E-state index contributed by atoms with van der Waals surface area (Å²) in [4.78, 5) is 53.4. The van der Waals surface area contributed by atoms with Crippen LogP contribution in [0.5, 0.6) is 5.75 Å². The number of aryl methyl sites for hydroxylation is 1. The summed E-state index contributed by atoms with van der Waals surface area (Å²) < 4.78 is 25.0. The number of ether oxygens (including phenoxy) is 1. The van der Waals surface area contributed by atoms with Crippen molar-refractivity contribution >= 4 is 45.2 Å². The number of aliphatic hydroxyl groups is 1. The zero-order chi connectivity index (χ0) is 41.1. The summed E-state index contributed by atoms with van der Waals surface area (Å²) >= 11 is 0. The summed E-state index contributed by atoms with van der Waals surface area (Å²) in [6.45, 7) is 6.21. The largest absolute Gasteiger partial charge is 0.490 e. The number of nitrogens with one attached hydrogen (secondary N) is 2. The van der Waals surface area contributed by atoms with Gasteiger partial charge in [-0.15, -0.1) is 0 Å². The van der Waals surface area contributed by atoms with Gasteiger partial charge in [0.05, 0.1) is 52.5 Å². The maximum atomic E-state index is 13.7. The van der Waals surface area contributed by atoms with Gasteiger partial charge in [0.15, 0.2) is 0 Å². The van der Waals surface area contributed by atoms with E-state index in [1.54, 1.807) is 29.1 Å². The molecule has 0 radical (unpaired) electrons. The van der Waals surface area contributed by atoms with Crippen LogP contribution >= 0.6 is 0 Å². The molecule has 2 aliphatic carbocycles. The lowest BCUT2D eigenvalue weighted by atomic mass is 9.83. The van der Waals surface area contributed by atoms with Gasteiger partial charge in [-0.3, -0.25) is 33.9 Å². The summed E-state index contributed by atoms with van der Waals surface area (Å²) in [7, 11) is 1.87. The van der Waals surface area contributed by atoms with E-state index in [1.165, 1.54) is 10.6 Å². The molecule has 14 nitrogen and oxygen atoms in total. The second kappa shape index (κ2) is 15.6. The molecule has 15 heteroatoms. The van der Waals surface area contributed by atoms with Crippen molar-refractivity contribution in [3.05, 3.63) is 82.0 Å². The molecule has 5 aromatic rings. The lowest BCUT2D eigenvalue weighted by Gasteiger charge is -2.39. The van der Waals surface area contributed by atoms with Gasteiger partial charge < -0.3 is 24.6 Å². The van der Waals surface area contributed by atoms with E-state index in [0.717, 1.165) is 72.6 Å². The number of nitrogens with zero attached hydrogens (tertiary/aromatic N) is 6. The van der Waals surface area contributed by atoms with Crippen LogP contribution in [0.3, 0.4) is 0 Å². The number of carbonyl (C=O) groups excluding carboxylic acids is 3. The SMILES string of the molecule is CC(C)Oc1cc2nn(C3CCC(CN4CC[C@@H](c5ccc6c(C7CCC(=O)NC7=O)nn(C)c6c5)[C@@H](O)C4)CC3)cc2cc1C(=O)Nc1cccn([C@H]2C[C@H]2F)c1=O. The fourth-order valence-corrected chi connectivity index (χ4v) is 9.54. The Morgan fingerprint density at radius 3 is 2.58 bits per heavy atom. The minimum atomic E-state index is -1.05. The molecule has 1 unspecified atom stereocenters. The first kappa shape index (κ1) is 39.1. The number of alkyl halides is 1. The predicted octanol–water partition coefficient (Wildman–Crippen LogP) is 5.51. The first-order valence-corrected chi connectivity index (χ1v) is 21.0. The van der Waals surface area contributed by atoms with Gasteiger partial charge in [0.2, 0.25) is 11.8 Å². The highest BCUT2D eigenvalue weighted by molar-refractivity contribution is 6.08. The minimum absolute atomic E-state index is 0.000424. The zero-order valence-electron chi connectivity index (χ0n) is 33.6.